The molecule has 2 saturated heterocycles. The molecule has 3 heterocycles. The van der Waals surface area contributed by atoms with Crippen molar-refractivity contribution < 1.29 is 9.53 Å². The molecule has 1 N–H and O–H groups in total. The minimum absolute atomic E-state index is 0.206. The fourth-order valence-electron chi connectivity index (χ4n) is 4.07. The molecule has 1 atom stereocenters. The number of carbonyl (C=O) groups excluding carboxylic acids is 1. The highest BCUT2D eigenvalue weighted by Gasteiger charge is 2.21. The van der Waals surface area contributed by atoms with Gasteiger partial charge in [0.2, 0.25) is 0 Å². The third-order valence-corrected chi connectivity index (χ3v) is 5.54. The Morgan fingerprint density at radius 1 is 1.14 bits per heavy atom. The van der Waals surface area contributed by atoms with Gasteiger partial charge in [-0.25, -0.2) is 9.97 Å². The molecule has 29 heavy (non-hydrogen) atoms. The van der Waals surface area contributed by atoms with Crippen molar-refractivity contribution in [2.45, 2.75) is 26.7 Å². The lowest BCUT2D eigenvalue weighted by atomic mass is 10.0. The third-order valence-electron chi connectivity index (χ3n) is 5.54. The number of ether oxygens (including phenoxy) is 1. The Labute approximate surface area is 172 Å². The minimum Gasteiger partial charge on any atom is -0.378 e. The van der Waals surface area contributed by atoms with Crippen LogP contribution in [0, 0.1) is 12.8 Å². The van der Waals surface area contributed by atoms with Gasteiger partial charge in [0.1, 0.15) is 17.3 Å². The average molecular weight is 396 g/mol. The van der Waals surface area contributed by atoms with E-state index >= 15 is 0 Å². The number of piperidine rings is 1. The molecular weight excluding hydrogens is 366 g/mol. The van der Waals surface area contributed by atoms with E-state index in [0.717, 1.165) is 49.8 Å². The number of anilines is 3. The predicted octanol–water partition coefficient (Wildman–Crippen LogP) is 3.11. The molecule has 154 valence electrons. The lowest BCUT2D eigenvalue weighted by molar-refractivity contribution is 0.102. The van der Waals surface area contributed by atoms with Gasteiger partial charge < -0.3 is 19.9 Å². The second-order valence-electron chi connectivity index (χ2n) is 7.92. The Balaban J connectivity index is 1.55. The van der Waals surface area contributed by atoms with Crippen LogP contribution in [-0.2, 0) is 4.74 Å². The van der Waals surface area contributed by atoms with E-state index in [1.54, 1.807) is 0 Å². The van der Waals surface area contributed by atoms with Crippen molar-refractivity contribution >= 4 is 23.1 Å². The molecule has 2 aliphatic rings. The normalized spacial score (nSPS) is 19.9. The standard InChI is InChI=1S/C22H29N5O2/c1-16-6-5-9-27(15-16)21-14-19(23-17(2)24-21)22(28)25-18-7-3-4-8-20(18)26-10-12-29-13-11-26/h3-4,7-8,14,16H,5-6,9-13,15H2,1-2H3,(H,25,28). The lowest BCUT2D eigenvalue weighted by Crippen LogP contribution is -2.36. The molecule has 1 unspecified atom stereocenters. The van der Waals surface area contributed by atoms with E-state index in [0.29, 0.717) is 30.7 Å². The summed E-state index contributed by atoms with van der Waals surface area (Å²) in [5.74, 6) is 1.89. The number of rotatable bonds is 4. The molecule has 0 bridgehead atoms. The summed E-state index contributed by atoms with van der Waals surface area (Å²) in [4.78, 5) is 26.5. The van der Waals surface area contributed by atoms with Crippen LogP contribution in [0.5, 0.6) is 0 Å². The molecule has 2 aliphatic heterocycles. The van der Waals surface area contributed by atoms with Gasteiger partial charge in [0.05, 0.1) is 24.6 Å². The van der Waals surface area contributed by atoms with E-state index in [1.165, 1.54) is 6.42 Å². The molecular formula is C22H29N5O2. The van der Waals surface area contributed by atoms with Gasteiger partial charge in [-0.15, -0.1) is 0 Å². The molecule has 7 nitrogen and oxygen atoms in total. The number of aryl methyl sites for hydroxylation is 1. The summed E-state index contributed by atoms with van der Waals surface area (Å²) in [5.41, 5.74) is 2.21. The molecule has 7 heteroatoms. The molecule has 1 aromatic heterocycles. The van der Waals surface area contributed by atoms with E-state index in [4.69, 9.17) is 4.74 Å². The molecule has 2 aromatic rings. The maximum Gasteiger partial charge on any atom is 0.274 e. The van der Waals surface area contributed by atoms with Crippen molar-refractivity contribution in [2.75, 3.05) is 54.5 Å². The number of amides is 1. The van der Waals surface area contributed by atoms with Gasteiger partial charge in [0.25, 0.3) is 5.91 Å². The van der Waals surface area contributed by atoms with Crippen molar-refractivity contribution in [3.05, 3.63) is 41.9 Å². The number of hydrogen-bond acceptors (Lipinski definition) is 6. The fourth-order valence-corrected chi connectivity index (χ4v) is 4.07. The smallest absolute Gasteiger partial charge is 0.274 e. The summed E-state index contributed by atoms with van der Waals surface area (Å²) in [6, 6.07) is 9.71. The van der Waals surface area contributed by atoms with Gasteiger partial charge in [0, 0.05) is 32.2 Å². The monoisotopic (exact) mass is 395 g/mol. The molecule has 0 aliphatic carbocycles. The Kier molecular flexibility index (Phi) is 5.94. The number of benzene rings is 1. The van der Waals surface area contributed by atoms with Crippen molar-refractivity contribution in [2.24, 2.45) is 5.92 Å². The average Bonchev–Trinajstić information content (AvgIpc) is 2.74. The van der Waals surface area contributed by atoms with Crippen LogP contribution in [0.3, 0.4) is 0 Å². The summed E-state index contributed by atoms with van der Waals surface area (Å²) in [6.45, 7) is 9.08. The third kappa shape index (κ3) is 4.67. The van der Waals surface area contributed by atoms with Crippen molar-refractivity contribution in [1.29, 1.82) is 0 Å². The van der Waals surface area contributed by atoms with Crippen LogP contribution < -0.4 is 15.1 Å². The quantitative estimate of drug-likeness (QED) is 0.858. The van der Waals surface area contributed by atoms with Crippen LogP contribution in [0.2, 0.25) is 0 Å². The minimum atomic E-state index is -0.206. The second kappa shape index (κ2) is 8.78. The number of carbonyl (C=O) groups is 1. The van der Waals surface area contributed by atoms with E-state index < -0.39 is 0 Å². The second-order valence-corrected chi connectivity index (χ2v) is 7.92. The first-order chi connectivity index (χ1) is 14.1. The summed E-state index contributed by atoms with van der Waals surface area (Å²) < 4.78 is 5.45. The fraction of sp³-hybridized carbons (Fsp3) is 0.500. The largest absolute Gasteiger partial charge is 0.378 e. The Morgan fingerprint density at radius 2 is 1.93 bits per heavy atom. The van der Waals surface area contributed by atoms with Crippen LogP contribution in [0.25, 0.3) is 0 Å². The maximum atomic E-state index is 13.0. The van der Waals surface area contributed by atoms with Gasteiger partial charge in [-0.3, -0.25) is 4.79 Å². The molecule has 1 amide bonds. The Bertz CT molecular complexity index is 866. The van der Waals surface area contributed by atoms with Gasteiger partial charge in [0.15, 0.2) is 0 Å². The molecule has 4 rings (SSSR count). The van der Waals surface area contributed by atoms with E-state index in [2.05, 4.69) is 32.0 Å². The topological polar surface area (TPSA) is 70.6 Å². The van der Waals surface area contributed by atoms with Crippen LogP contribution in [0.15, 0.2) is 30.3 Å². The van der Waals surface area contributed by atoms with Gasteiger partial charge in [-0.1, -0.05) is 19.1 Å². The maximum absolute atomic E-state index is 13.0. The first kappa shape index (κ1) is 19.6. The van der Waals surface area contributed by atoms with Gasteiger partial charge in [-0.05, 0) is 37.8 Å². The molecule has 0 spiro atoms. The zero-order valence-corrected chi connectivity index (χ0v) is 17.2. The van der Waals surface area contributed by atoms with Crippen molar-refractivity contribution in [1.82, 2.24) is 9.97 Å². The summed E-state index contributed by atoms with van der Waals surface area (Å²) in [7, 11) is 0. The van der Waals surface area contributed by atoms with E-state index in [9.17, 15) is 4.79 Å². The first-order valence-corrected chi connectivity index (χ1v) is 10.4. The Morgan fingerprint density at radius 3 is 2.72 bits per heavy atom. The molecule has 0 saturated carbocycles. The first-order valence-electron chi connectivity index (χ1n) is 10.4. The highest BCUT2D eigenvalue weighted by atomic mass is 16.5. The molecule has 1 aromatic carbocycles. The van der Waals surface area contributed by atoms with E-state index in [-0.39, 0.29) is 5.91 Å². The summed E-state index contributed by atoms with van der Waals surface area (Å²) in [5, 5.41) is 3.06. The zero-order valence-electron chi connectivity index (χ0n) is 17.2. The van der Waals surface area contributed by atoms with Gasteiger partial charge in [-0.2, -0.15) is 0 Å². The van der Waals surface area contributed by atoms with Crippen molar-refractivity contribution in [3.8, 4) is 0 Å². The van der Waals surface area contributed by atoms with Gasteiger partial charge >= 0.3 is 0 Å². The van der Waals surface area contributed by atoms with Crippen LogP contribution in [0.1, 0.15) is 36.1 Å². The Hall–Kier alpha value is -2.67. The molecule has 0 radical (unpaired) electrons. The highest BCUT2D eigenvalue weighted by molar-refractivity contribution is 6.05. The number of morpholine rings is 1. The highest BCUT2D eigenvalue weighted by Crippen LogP contribution is 2.27. The van der Waals surface area contributed by atoms with Crippen LogP contribution in [-0.4, -0.2) is 55.3 Å². The van der Waals surface area contributed by atoms with Crippen molar-refractivity contribution in [3.63, 3.8) is 0 Å². The van der Waals surface area contributed by atoms with Crippen LogP contribution in [0.4, 0.5) is 17.2 Å². The zero-order chi connectivity index (χ0) is 20.2. The van der Waals surface area contributed by atoms with Crippen LogP contribution >= 0.6 is 0 Å². The predicted molar refractivity (Wildman–Crippen MR) is 115 cm³/mol. The van der Waals surface area contributed by atoms with E-state index in [1.807, 2.05) is 37.3 Å². The molecule has 2 fully saturated rings. The lowest BCUT2D eigenvalue weighted by Gasteiger charge is -2.32. The number of nitrogens with zero attached hydrogens (tertiary/aromatic N) is 4. The number of aromatic nitrogens is 2. The number of para-hydroxylation sites is 2. The summed E-state index contributed by atoms with van der Waals surface area (Å²) in [6.07, 6.45) is 2.39. The number of nitrogens with one attached hydrogen (secondary N) is 1. The number of hydrogen-bond donors (Lipinski definition) is 1. The SMILES string of the molecule is Cc1nc(C(=O)Nc2ccccc2N2CCOCC2)cc(N2CCCC(C)C2)n1. The summed E-state index contributed by atoms with van der Waals surface area (Å²) >= 11 is 0.